The summed E-state index contributed by atoms with van der Waals surface area (Å²) >= 11 is 0. The number of nitrogens with zero attached hydrogens (tertiary/aromatic N) is 2. The van der Waals surface area contributed by atoms with Crippen LogP contribution in [0.25, 0.3) is 0 Å². The average molecular weight is 483 g/mol. The molecule has 0 saturated carbocycles. The summed E-state index contributed by atoms with van der Waals surface area (Å²) in [6.07, 6.45) is 0. The first-order valence-electron chi connectivity index (χ1n) is 12.9. The van der Waals surface area contributed by atoms with Gasteiger partial charge in [0.25, 0.3) is 0 Å². The summed E-state index contributed by atoms with van der Waals surface area (Å²) in [7, 11) is 0. The first kappa shape index (κ1) is 24.4. The van der Waals surface area contributed by atoms with Crippen molar-refractivity contribution >= 4 is 34.1 Å². The molecule has 0 atom stereocenters. The van der Waals surface area contributed by atoms with Gasteiger partial charge in [0.2, 0.25) is 0 Å². The quantitative estimate of drug-likeness (QED) is 0.237. The fraction of sp³-hybridized carbons (Fsp3) is 0.143. The van der Waals surface area contributed by atoms with Crippen molar-refractivity contribution in [1.29, 1.82) is 0 Å². The highest BCUT2D eigenvalue weighted by Gasteiger charge is 2.23. The van der Waals surface area contributed by atoms with Gasteiger partial charge in [0.1, 0.15) is 0 Å². The maximum absolute atomic E-state index is 2.41. The zero-order valence-corrected chi connectivity index (χ0v) is 22.4. The highest BCUT2D eigenvalue weighted by atomic mass is 15.2. The minimum absolute atomic E-state index is 1.15. The number of rotatable bonds is 6. The van der Waals surface area contributed by atoms with E-state index in [-0.39, 0.29) is 0 Å². The highest BCUT2D eigenvalue weighted by molar-refractivity contribution is 5.88. The molecular formula is C35H34N2. The van der Waals surface area contributed by atoms with Crippen LogP contribution in [-0.2, 0) is 0 Å². The predicted molar refractivity (Wildman–Crippen MR) is 159 cm³/mol. The second-order valence-corrected chi connectivity index (χ2v) is 9.74. The Hall–Kier alpha value is -4.30. The van der Waals surface area contributed by atoms with E-state index in [1.54, 1.807) is 0 Å². The van der Waals surface area contributed by atoms with Crippen molar-refractivity contribution in [1.82, 2.24) is 0 Å². The summed E-state index contributed by atoms with van der Waals surface area (Å²) in [5.41, 5.74) is 13.3. The van der Waals surface area contributed by atoms with Gasteiger partial charge in [0.15, 0.2) is 0 Å². The molecule has 0 aromatic heterocycles. The van der Waals surface area contributed by atoms with Crippen molar-refractivity contribution in [2.75, 3.05) is 9.80 Å². The van der Waals surface area contributed by atoms with Crippen molar-refractivity contribution in [2.45, 2.75) is 34.6 Å². The molecule has 5 aromatic rings. The van der Waals surface area contributed by atoms with Gasteiger partial charge in [0.05, 0.1) is 22.7 Å². The largest absolute Gasteiger partial charge is 0.310 e. The van der Waals surface area contributed by atoms with Crippen LogP contribution in [0.2, 0.25) is 0 Å². The van der Waals surface area contributed by atoms with E-state index in [9.17, 15) is 0 Å². The summed E-state index contributed by atoms with van der Waals surface area (Å²) in [5.74, 6) is 0. The third-order valence-corrected chi connectivity index (χ3v) is 7.11. The molecule has 2 nitrogen and oxygen atoms in total. The van der Waals surface area contributed by atoms with Gasteiger partial charge >= 0.3 is 0 Å². The lowest BCUT2D eigenvalue weighted by atomic mass is 10.0. The van der Waals surface area contributed by atoms with E-state index in [0.29, 0.717) is 0 Å². The standard InChI is InChI=1S/C35H34N2/c1-25-15-12-16-26(2)34(25)36(30-19-8-6-9-20-30)32-23-14-24-33(29(32)5)37(31-21-10-7-11-22-31)35-27(3)17-13-18-28(35)4/h6-24H,1-5H3. The summed E-state index contributed by atoms with van der Waals surface area (Å²) in [6, 6.07) is 41.1. The van der Waals surface area contributed by atoms with Crippen molar-refractivity contribution in [3.05, 3.63) is 143 Å². The van der Waals surface area contributed by atoms with Crippen molar-refractivity contribution < 1.29 is 0 Å². The smallest absolute Gasteiger partial charge is 0.0520 e. The first-order valence-corrected chi connectivity index (χ1v) is 12.9. The van der Waals surface area contributed by atoms with Crippen LogP contribution in [0, 0.1) is 34.6 Å². The molecule has 0 aliphatic carbocycles. The van der Waals surface area contributed by atoms with Gasteiger partial charge in [-0.15, -0.1) is 0 Å². The van der Waals surface area contributed by atoms with Crippen LogP contribution in [0.4, 0.5) is 34.1 Å². The second kappa shape index (κ2) is 10.4. The van der Waals surface area contributed by atoms with E-state index in [1.807, 2.05) is 0 Å². The number of aryl methyl sites for hydroxylation is 4. The molecule has 0 spiro atoms. The Morgan fingerprint density at radius 1 is 0.351 bits per heavy atom. The molecule has 0 bridgehead atoms. The molecule has 184 valence electrons. The molecular weight excluding hydrogens is 448 g/mol. The number of hydrogen-bond donors (Lipinski definition) is 0. The highest BCUT2D eigenvalue weighted by Crippen LogP contribution is 2.46. The number of benzene rings is 5. The Kier molecular flexibility index (Phi) is 6.83. The predicted octanol–water partition coefficient (Wildman–Crippen LogP) is 10.2. The van der Waals surface area contributed by atoms with E-state index in [4.69, 9.17) is 0 Å². The summed E-state index contributed by atoms with van der Waals surface area (Å²) in [5, 5.41) is 0. The Morgan fingerprint density at radius 3 is 1.03 bits per heavy atom. The molecule has 0 aliphatic rings. The fourth-order valence-electron chi connectivity index (χ4n) is 5.34. The van der Waals surface area contributed by atoms with Gasteiger partial charge in [-0.3, -0.25) is 0 Å². The maximum atomic E-state index is 2.41. The number of para-hydroxylation sites is 4. The minimum Gasteiger partial charge on any atom is -0.310 e. The Balaban J connectivity index is 1.78. The van der Waals surface area contributed by atoms with Gasteiger partial charge in [-0.25, -0.2) is 0 Å². The lowest BCUT2D eigenvalue weighted by Crippen LogP contribution is -2.17. The molecule has 0 aliphatic heterocycles. The molecule has 0 saturated heterocycles. The summed E-state index contributed by atoms with van der Waals surface area (Å²) < 4.78 is 0. The Morgan fingerprint density at radius 2 is 0.676 bits per heavy atom. The number of hydrogen-bond acceptors (Lipinski definition) is 2. The topological polar surface area (TPSA) is 6.48 Å². The molecule has 0 heterocycles. The van der Waals surface area contributed by atoms with Crippen LogP contribution in [0.3, 0.4) is 0 Å². The lowest BCUT2D eigenvalue weighted by Gasteiger charge is -2.34. The van der Waals surface area contributed by atoms with Crippen LogP contribution >= 0.6 is 0 Å². The third kappa shape index (κ3) is 4.63. The van der Waals surface area contributed by atoms with E-state index < -0.39 is 0 Å². The Labute approximate surface area is 221 Å². The lowest BCUT2D eigenvalue weighted by molar-refractivity contribution is 1.17. The van der Waals surface area contributed by atoms with Gasteiger partial charge in [0, 0.05) is 11.4 Å². The number of anilines is 6. The normalized spacial score (nSPS) is 10.8. The van der Waals surface area contributed by atoms with E-state index in [1.165, 1.54) is 50.6 Å². The van der Waals surface area contributed by atoms with E-state index in [0.717, 1.165) is 11.4 Å². The third-order valence-electron chi connectivity index (χ3n) is 7.11. The first-order chi connectivity index (χ1) is 18.0. The molecule has 0 fully saturated rings. The SMILES string of the molecule is Cc1cccc(C)c1N(c1ccccc1)c1cccc(N(c2ccccc2)c2c(C)cccc2C)c1C. The van der Waals surface area contributed by atoms with Gasteiger partial charge in [-0.2, -0.15) is 0 Å². The molecule has 0 unspecified atom stereocenters. The monoisotopic (exact) mass is 482 g/mol. The van der Waals surface area contributed by atoms with Crippen molar-refractivity contribution in [3.63, 3.8) is 0 Å². The fourth-order valence-corrected chi connectivity index (χ4v) is 5.34. The Bertz CT molecular complexity index is 1370. The molecule has 0 N–H and O–H groups in total. The van der Waals surface area contributed by atoms with Crippen LogP contribution < -0.4 is 9.80 Å². The van der Waals surface area contributed by atoms with Crippen LogP contribution in [0.15, 0.2) is 115 Å². The maximum Gasteiger partial charge on any atom is 0.0520 e. The molecule has 0 amide bonds. The molecule has 5 rings (SSSR count). The van der Waals surface area contributed by atoms with Crippen molar-refractivity contribution in [2.24, 2.45) is 0 Å². The summed E-state index contributed by atoms with van der Waals surface area (Å²) in [4.78, 5) is 4.83. The van der Waals surface area contributed by atoms with Gasteiger partial charge in [-0.1, -0.05) is 78.9 Å². The summed E-state index contributed by atoms with van der Waals surface area (Å²) in [6.45, 7) is 11.0. The van der Waals surface area contributed by atoms with E-state index in [2.05, 4.69) is 160 Å². The average Bonchev–Trinajstić information content (AvgIpc) is 2.90. The zero-order chi connectivity index (χ0) is 25.9. The van der Waals surface area contributed by atoms with Crippen LogP contribution in [0.5, 0.6) is 0 Å². The van der Waals surface area contributed by atoms with Crippen LogP contribution in [0.1, 0.15) is 27.8 Å². The second-order valence-electron chi connectivity index (χ2n) is 9.74. The van der Waals surface area contributed by atoms with Crippen molar-refractivity contribution in [3.8, 4) is 0 Å². The minimum atomic E-state index is 1.15. The molecule has 0 radical (unpaired) electrons. The molecule has 37 heavy (non-hydrogen) atoms. The van der Waals surface area contributed by atoms with Gasteiger partial charge in [-0.05, 0) is 98.8 Å². The molecule has 2 heteroatoms. The zero-order valence-electron chi connectivity index (χ0n) is 22.4. The van der Waals surface area contributed by atoms with E-state index >= 15 is 0 Å². The van der Waals surface area contributed by atoms with Crippen LogP contribution in [-0.4, -0.2) is 0 Å². The molecule has 5 aromatic carbocycles. The van der Waals surface area contributed by atoms with Gasteiger partial charge < -0.3 is 9.80 Å².